The van der Waals surface area contributed by atoms with Gasteiger partial charge in [0.1, 0.15) is 4.90 Å². The summed E-state index contributed by atoms with van der Waals surface area (Å²) in [6.07, 6.45) is -2.49. The van der Waals surface area contributed by atoms with Gasteiger partial charge in [-0.2, -0.15) is 13.2 Å². The van der Waals surface area contributed by atoms with E-state index >= 15 is 0 Å². The number of halogens is 8. The number of piperazine rings is 1. The van der Waals surface area contributed by atoms with Crippen LogP contribution in [0.15, 0.2) is 53.4 Å². The number of aryl methyl sites for hydroxylation is 1. The zero-order valence-electron chi connectivity index (χ0n) is 17.3. The lowest BCUT2D eigenvalue weighted by Gasteiger charge is -2.40. The Morgan fingerprint density at radius 1 is 0.939 bits per heavy atom. The normalized spacial score (nSPS) is 17.7. The van der Waals surface area contributed by atoms with Crippen molar-refractivity contribution in [3.63, 3.8) is 0 Å². The molecule has 0 aliphatic carbocycles. The Morgan fingerprint density at radius 3 is 2.15 bits per heavy atom. The van der Waals surface area contributed by atoms with E-state index in [1.807, 2.05) is 0 Å². The minimum Gasteiger partial charge on any atom is -0.368 e. The number of hydrogen-bond donors (Lipinski definition) is 0. The summed E-state index contributed by atoms with van der Waals surface area (Å²) in [7, 11) is -9.83. The molecular formula is C21H20F8N2OS. The third kappa shape index (κ3) is 6.18. The van der Waals surface area contributed by atoms with E-state index < -0.39 is 32.8 Å². The molecule has 3 nitrogen and oxygen atoms in total. The van der Waals surface area contributed by atoms with Crippen molar-refractivity contribution < 1.29 is 37.4 Å². The second-order valence-electron chi connectivity index (χ2n) is 7.69. The van der Waals surface area contributed by atoms with Crippen LogP contribution in [0.5, 0.6) is 0 Å². The molecule has 0 spiro atoms. The van der Waals surface area contributed by atoms with E-state index in [1.54, 1.807) is 11.8 Å². The SMILES string of the molecule is Cc1ccc(C(F)(F)F)cc1N1CCN(C(=O)/C=C\c2cccc(S(F)(F)(F)(F)F)c2)CC1. The fourth-order valence-corrected chi connectivity index (χ4v) is 4.12. The first-order chi connectivity index (χ1) is 14.9. The van der Waals surface area contributed by atoms with Crippen molar-refractivity contribution >= 4 is 27.9 Å². The fraction of sp³-hybridized carbons (Fsp3) is 0.286. The highest BCUT2D eigenvalue weighted by Crippen LogP contribution is 3.02. The first kappa shape index (κ1) is 24.9. The summed E-state index contributed by atoms with van der Waals surface area (Å²) in [6.45, 7) is 2.52. The lowest BCUT2D eigenvalue weighted by Crippen LogP contribution is -2.48. The lowest BCUT2D eigenvalue weighted by atomic mass is 10.1. The molecule has 1 heterocycles. The van der Waals surface area contributed by atoms with Gasteiger partial charge in [-0.3, -0.25) is 4.79 Å². The molecule has 0 aromatic heterocycles. The highest BCUT2D eigenvalue weighted by atomic mass is 32.5. The zero-order chi connectivity index (χ0) is 24.7. The van der Waals surface area contributed by atoms with Crippen LogP contribution in [0.25, 0.3) is 6.08 Å². The Bertz CT molecular complexity index is 1090. The summed E-state index contributed by atoms with van der Waals surface area (Å²) in [5.74, 6) is -0.548. The van der Waals surface area contributed by atoms with Crippen LogP contribution in [0.2, 0.25) is 0 Å². The average Bonchev–Trinajstić information content (AvgIpc) is 2.70. The molecular weight excluding hydrogens is 480 g/mol. The Morgan fingerprint density at radius 2 is 1.58 bits per heavy atom. The molecule has 3 rings (SSSR count). The summed E-state index contributed by atoms with van der Waals surface area (Å²) >= 11 is 0. The van der Waals surface area contributed by atoms with Crippen molar-refractivity contribution in [2.24, 2.45) is 0 Å². The molecule has 0 unspecified atom stereocenters. The predicted molar refractivity (Wildman–Crippen MR) is 112 cm³/mol. The van der Waals surface area contributed by atoms with Crippen molar-refractivity contribution in [1.82, 2.24) is 4.90 Å². The standard InChI is InChI=1S/C21H20F8N2OS/c1-15-5-7-17(21(22,23)24)14-19(15)30-9-11-31(12-10-30)20(32)8-6-16-3-2-4-18(13-16)33(25,26,27,28)29/h2-8,13-14H,9-12H2,1H3/b8-6-. The number of amides is 1. The number of nitrogens with zero attached hydrogens (tertiary/aromatic N) is 2. The zero-order valence-corrected chi connectivity index (χ0v) is 18.1. The number of rotatable bonds is 4. The van der Waals surface area contributed by atoms with Crippen LogP contribution in [-0.4, -0.2) is 37.0 Å². The van der Waals surface area contributed by atoms with Crippen LogP contribution in [-0.2, 0) is 11.0 Å². The third-order valence-corrected chi connectivity index (χ3v) is 6.34. The molecule has 2 aromatic rings. The Kier molecular flexibility index (Phi) is 5.76. The summed E-state index contributed by atoms with van der Waals surface area (Å²) in [5, 5.41) is 0. The van der Waals surface area contributed by atoms with Gasteiger partial charge >= 0.3 is 16.4 Å². The van der Waals surface area contributed by atoms with Gasteiger partial charge in [0.2, 0.25) is 5.91 Å². The minimum atomic E-state index is -9.83. The molecule has 1 aliphatic rings. The highest BCUT2D eigenvalue weighted by Gasteiger charge is 2.65. The maximum Gasteiger partial charge on any atom is 0.416 e. The van der Waals surface area contributed by atoms with E-state index in [0.717, 1.165) is 36.4 Å². The highest BCUT2D eigenvalue weighted by molar-refractivity contribution is 8.45. The van der Waals surface area contributed by atoms with Crippen LogP contribution in [0.4, 0.5) is 38.3 Å². The van der Waals surface area contributed by atoms with Crippen LogP contribution < -0.4 is 4.90 Å². The van der Waals surface area contributed by atoms with E-state index in [4.69, 9.17) is 0 Å². The molecule has 12 heteroatoms. The van der Waals surface area contributed by atoms with Crippen molar-refractivity contribution in [2.75, 3.05) is 31.1 Å². The molecule has 0 atom stereocenters. The van der Waals surface area contributed by atoms with E-state index in [1.165, 1.54) is 11.0 Å². The molecule has 0 saturated carbocycles. The first-order valence-electron chi connectivity index (χ1n) is 9.68. The van der Waals surface area contributed by atoms with Crippen LogP contribution in [0, 0.1) is 6.92 Å². The topological polar surface area (TPSA) is 23.6 Å². The van der Waals surface area contributed by atoms with Gasteiger partial charge in [0.25, 0.3) is 0 Å². The van der Waals surface area contributed by atoms with Gasteiger partial charge in [0.15, 0.2) is 0 Å². The summed E-state index contributed by atoms with van der Waals surface area (Å²) in [6, 6.07) is 5.96. The Labute approximate surface area is 185 Å². The van der Waals surface area contributed by atoms with Crippen LogP contribution in [0.1, 0.15) is 16.7 Å². The van der Waals surface area contributed by atoms with Crippen molar-refractivity contribution in [2.45, 2.75) is 18.0 Å². The van der Waals surface area contributed by atoms with Crippen LogP contribution >= 0.6 is 10.2 Å². The van der Waals surface area contributed by atoms with Gasteiger partial charge in [-0.05, 0) is 48.4 Å². The second kappa shape index (κ2) is 7.64. The summed E-state index contributed by atoms with van der Waals surface area (Å²) < 4.78 is 104. The maximum absolute atomic E-state index is 13.0. The quantitative estimate of drug-likeness (QED) is 0.332. The van der Waals surface area contributed by atoms with Gasteiger partial charge in [-0.1, -0.05) is 37.6 Å². The Hall–Kier alpha value is -2.76. The summed E-state index contributed by atoms with van der Waals surface area (Å²) in [4.78, 5) is 13.4. The molecule has 1 saturated heterocycles. The van der Waals surface area contributed by atoms with Crippen molar-refractivity contribution in [3.8, 4) is 0 Å². The van der Waals surface area contributed by atoms with Gasteiger partial charge < -0.3 is 9.80 Å². The molecule has 1 aliphatic heterocycles. The molecule has 33 heavy (non-hydrogen) atoms. The number of anilines is 1. The predicted octanol–water partition coefficient (Wildman–Crippen LogP) is 7.03. The van der Waals surface area contributed by atoms with E-state index in [2.05, 4.69) is 0 Å². The van der Waals surface area contributed by atoms with E-state index in [-0.39, 0.29) is 43.9 Å². The molecule has 182 valence electrons. The fourth-order valence-electron chi connectivity index (χ4n) is 3.43. The number of carbonyl (C=O) groups is 1. The van der Waals surface area contributed by atoms with Crippen molar-refractivity contribution in [1.29, 1.82) is 0 Å². The lowest BCUT2D eigenvalue weighted by molar-refractivity contribution is -0.137. The number of carbonyl (C=O) groups excluding carboxylic acids is 1. The first-order valence-corrected chi connectivity index (χ1v) is 11.6. The molecule has 2 aromatic carbocycles. The minimum absolute atomic E-state index is 0.171. The Balaban J connectivity index is 1.67. The van der Waals surface area contributed by atoms with Gasteiger partial charge in [0.05, 0.1) is 5.56 Å². The third-order valence-electron chi connectivity index (χ3n) is 5.19. The largest absolute Gasteiger partial charge is 0.416 e. The molecule has 0 N–H and O–H groups in total. The average molecular weight is 500 g/mol. The molecule has 1 amide bonds. The number of alkyl halides is 3. The van der Waals surface area contributed by atoms with Gasteiger partial charge in [-0.15, -0.1) is 0 Å². The van der Waals surface area contributed by atoms with E-state index in [0.29, 0.717) is 11.3 Å². The van der Waals surface area contributed by atoms with Crippen molar-refractivity contribution in [3.05, 3.63) is 65.2 Å². The monoisotopic (exact) mass is 500 g/mol. The number of hydrogen-bond acceptors (Lipinski definition) is 2. The van der Waals surface area contributed by atoms with Crippen LogP contribution in [0.3, 0.4) is 0 Å². The number of benzene rings is 2. The summed E-state index contributed by atoms with van der Waals surface area (Å²) in [5.41, 5.74) is 0.0532. The molecule has 1 fully saturated rings. The van der Waals surface area contributed by atoms with Gasteiger partial charge in [-0.25, -0.2) is 0 Å². The maximum atomic E-state index is 13.0. The smallest absolute Gasteiger partial charge is 0.368 e. The second-order valence-corrected chi connectivity index (χ2v) is 10.1. The molecule has 0 bridgehead atoms. The molecule has 0 radical (unpaired) electrons. The van der Waals surface area contributed by atoms with E-state index in [9.17, 15) is 37.4 Å². The van der Waals surface area contributed by atoms with Gasteiger partial charge in [0, 0.05) is 37.9 Å².